The zero-order chi connectivity index (χ0) is 16.4. The Labute approximate surface area is 135 Å². The number of aryl methyl sites for hydroxylation is 1. The fourth-order valence-corrected chi connectivity index (χ4v) is 4.58. The second kappa shape index (κ2) is 6.10. The van der Waals surface area contributed by atoms with Crippen LogP contribution < -0.4 is 0 Å². The van der Waals surface area contributed by atoms with E-state index in [2.05, 4.69) is 10.3 Å². The van der Waals surface area contributed by atoms with Gasteiger partial charge in [-0.25, -0.2) is 13.1 Å². The molecule has 0 unspecified atom stereocenters. The molecule has 0 N–H and O–H groups in total. The van der Waals surface area contributed by atoms with Crippen molar-refractivity contribution in [3.8, 4) is 6.07 Å². The molecule has 0 amide bonds. The molecule has 2 heterocycles. The van der Waals surface area contributed by atoms with E-state index in [1.165, 1.54) is 10.4 Å². The molecule has 120 valence electrons. The summed E-state index contributed by atoms with van der Waals surface area (Å²) >= 11 is 0. The van der Waals surface area contributed by atoms with Crippen LogP contribution in [0.1, 0.15) is 30.0 Å². The first-order valence-electron chi connectivity index (χ1n) is 7.39. The first-order chi connectivity index (χ1) is 11.0. The minimum Gasteiger partial charge on any atom is -0.249 e. The van der Waals surface area contributed by atoms with Crippen LogP contribution in [0.5, 0.6) is 0 Å². The number of piperidine rings is 1. The van der Waals surface area contributed by atoms with Crippen molar-refractivity contribution in [2.24, 2.45) is 0 Å². The molecule has 2 aromatic rings. The molecule has 0 aliphatic carbocycles. The van der Waals surface area contributed by atoms with Gasteiger partial charge in [0.05, 0.1) is 17.8 Å². The highest BCUT2D eigenvalue weighted by Crippen LogP contribution is 2.28. The summed E-state index contributed by atoms with van der Waals surface area (Å²) in [7, 11) is -3.65. The summed E-state index contributed by atoms with van der Waals surface area (Å²) in [5, 5.41) is 17.0. The molecule has 1 fully saturated rings. The van der Waals surface area contributed by atoms with Gasteiger partial charge in [0.2, 0.25) is 10.0 Å². The molecular weight excluding hydrogens is 314 g/mol. The highest BCUT2D eigenvalue weighted by Gasteiger charge is 2.32. The predicted molar refractivity (Wildman–Crippen MR) is 82.9 cm³/mol. The summed E-state index contributed by atoms with van der Waals surface area (Å²) in [5.74, 6) is 0. The van der Waals surface area contributed by atoms with E-state index < -0.39 is 10.0 Å². The van der Waals surface area contributed by atoms with Crippen LogP contribution in [0.2, 0.25) is 0 Å². The van der Waals surface area contributed by atoms with Crippen molar-refractivity contribution in [3.63, 3.8) is 0 Å². The minimum absolute atomic E-state index is 0.0965. The van der Waals surface area contributed by atoms with Gasteiger partial charge in [-0.3, -0.25) is 0 Å². The quantitative estimate of drug-likeness (QED) is 0.849. The number of sulfonamides is 1. The second-order valence-electron chi connectivity index (χ2n) is 5.58. The van der Waals surface area contributed by atoms with Crippen LogP contribution >= 0.6 is 0 Å². The Morgan fingerprint density at radius 2 is 2.04 bits per heavy atom. The standard InChI is InChI=1S/C15H17N5O2S/c1-12-3-2-4-15(14(12)11-16)23(21,22)19-8-5-13(6-9-19)20-10-7-17-18-20/h2-4,7,10,13H,5-6,8-9H2,1H3. The van der Waals surface area contributed by atoms with Crippen LogP contribution in [-0.4, -0.2) is 40.8 Å². The van der Waals surface area contributed by atoms with E-state index in [1.54, 1.807) is 36.1 Å². The Kier molecular flexibility index (Phi) is 4.15. The Hall–Kier alpha value is -2.24. The third-order valence-corrected chi connectivity index (χ3v) is 6.14. The third-order valence-electron chi connectivity index (χ3n) is 4.20. The van der Waals surface area contributed by atoms with Crippen molar-refractivity contribution < 1.29 is 8.42 Å². The number of hydrogen-bond donors (Lipinski definition) is 0. The Morgan fingerprint density at radius 3 is 2.65 bits per heavy atom. The number of nitrogens with zero attached hydrogens (tertiary/aromatic N) is 5. The fraction of sp³-hybridized carbons (Fsp3) is 0.400. The lowest BCUT2D eigenvalue weighted by molar-refractivity contribution is 0.258. The number of rotatable bonds is 3. The van der Waals surface area contributed by atoms with Gasteiger partial charge in [-0.1, -0.05) is 17.3 Å². The van der Waals surface area contributed by atoms with Crippen LogP contribution in [0, 0.1) is 18.3 Å². The normalized spacial score (nSPS) is 17.0. The maximum Gasteiger partial charge on any atom is 0.244 e. The van der Waals surface area contributed by atoms with Crippen LogP contribution in [0.25, 0.3) is 0 Å². The van der Waals surface area contributed by atoms with Gasteiger partial charge in [-0.15, -0.1) is 5.10 Å². The van der Waals surface area contributed by atoms with Gasteiger partial charge in [0.15, 0.2) is 0 Å². The first-order valence-corrected chi connectivity index (χ1v) is 8.83. The smallest absolute Gasteiger partial charge is 0.244 e. The molecular formula is C15H17N5O2S. The van der Waals surface area contributed by atoms with Crippen molar-refractivity contribution in [1.29, 1.82) is 5.26 Å². The van der Waals surface area contributed by atoms with Crippen LogP contribution in [0.4, 0.5) is 0 Å². The first kappa shape index (κ1) is 15.6. The molecule has 23 heavy (non-hydrogen) atoms. The molecule has 1 saturated heterocycles. The monoisotopic (exact) mass is 331 g/mol. The number of nitriles is 1. The van der Waals surface area contributed by atoms with Gasteiger partial charge in [-0.2, -0.15) is 9.57 Å². The van der Waals surface area contributed by atoms with E-state index in [4.69, 9.17) is 0 Å². The largest absolute Gasteiger partial charge is 0.249 e. The summed E-state index contributed by atoms with van der Waals surface area (Å²) in [4.78, 5) is 0.0965. The van der Waals surface area contributed by atoms with Crippen LogP contribution in [-0.2, 0) is 10.0 Å². The zero-order valence-electron chi connectivity index (χ0n) is 12.8. The maximum absolute atomic E-state index is 12.9. The van der Waals surface area contributed by atoms with E-state index in [0.29, 0.717) is 31.5 Å². The average Bonchev–Trinajstić information content (AvgIpc) is 3.09. The van der Waals surface area contributed by atoms with Gasteiger partial charge < -0.3 is 0 Å². The molecule has 0 bridgehead atoms. The summed E-state index contributed by atoms with van der Waals surface area (Å²) in [6.45, 7) is 2.56. The highest BCUT2D eigenvalue weighted by molar-refractivity contribution is 7.89. The fourth-order valence-electron chi connectivity index (χ4n) is 2.90. The van der Waals surface area contributed by atoms with E-state index in [9.17, 15) is 13.7 Å². The van der Waals surface area contributed by atoms with Gasteiger partial charge in [0.1, 0.15) is 11.0 Å². The van der Waals surface area contributed by atoms with Crippen molar-refractivity contribution in [1.82, 2.24) is 19.3 Å². The average molecular weight is 331 g/mol. The lowest BCUT2D eigenvalue weighted by Crippen LogP contribution is -2.39. The van der Waals surface area contributed by atoms with Crippen molar-refractivity contribution in [3.05, 3.63) is 41.7 Å². The molecule has 1 aromatic carbocycles. The third kappa shape index (κ3) is 2.85. The Morgan fingerprint density at radius 1 is 1.30 bits per heavy atom. The minimum atomic E-state index is -3.65. The number of benzene rings is 1. The summed E-state index contributed by atoms with van der Waals surface area (Å²) in [6, 6.07) is 7.10. The SMILES string of the molecule is Cc1cccc(S(=O)(=O)N2CCC(n3ccnn3)CC2)c1C#N. The molecule has 1 aromatic heterocycles. The highest BCUT2D eigenvalue weighted by atomic mass is 32.2. The molecule has 8 heteroatoms. The van der Waals surface area contributed by atoms with E-state index in [-0.39, 0.29) is 16.5 Å². The van der Waals surface area contributed by atoms with Gasteiger partial charge in [-0.05, 0) is 31.4 Å². The van der Waals surface area contributed by atoms with E-state index >= 15 is 0 Å². The molecule has 7 nitrogen and oxygen atoms in total. The molecule has 1 aliphatic rings. The molecule has 1 aliphatic heterocycles. The Bertz CT molecular complexity index is 831. The molecule has 0 radical (unpaired) electrons. The topological polar surface area (TPSA) is 91.9 Å². The van der Waals surface area contributed by atoms with Gasteiger partial charge >= 0.3 is 0 Å². The van der Waals surface area contributed by atoms with Crippen molar-refractivity contribution in [2.45, 2.75) is 30.7 Å². The molecule has 0 spiro atoms. The summed E-state index contributed by atoms with van der Waals surface area (Å²) in [5.41, 5.74) is 0.900. The van der Waals surface area contributed by atoms with Crippen LogP contribution in [0.3, 0.4) is 0 Å². The summed E-state index contributed by atoms with van der Waals surface area (Å²) < 4.78 is 28.9. The number of hydrogen-bond acceptors (Lipinski definition) is 5. The van der Waals surface area contributed by atoms with Crippen molar-refractivity contribution >= 4 is 10.0 Å². The summed E-state index contributed by atoms with van der Waals surface area (Å²) in [6.07, 6.45) is 4.77. The number of aromatic nitrogens is 3. The maximum atomic E-state index is 12.9. The molecule has 3 rings (SSSR count). The van der Waals surface area contributed by atoms with Gasteiger partial charge in [0, 0.05) is 19.3 Å². The lowest BCUT2D eigenvalue weighted by Gasteiger charge is -2.31. The molecule has 0 atom stereocenters. The van der Waals surface area contributed by atoms with E-state index in [1.807, 2.05) is 6.07 Å². The zero-order valence-corrected chi connectivity index (χ0v) is 13.6. The lowest BCUT2D eigenvalue weighted by atomic mass is 10.1. The van der Waals surface area contributed by atoms with Gasteiger partial charge in [0.25, 0.3) is 0 Å². The predicted octanol–water partition coefficient (Wildman–Crippen LogP) is 1.48. The van der Waals surface area contributed by atoms with Crippen LogP contribution in [0.15, 0.2) is 35.5 Å². The molecule has 0 saturated carbocycles. The second-order valence-corrected chi connectivity index (χ2v) is 7.48. The van der Waals surface area contributed by atoms with E-state index in [0.717, 1.165) is 0 Å². The Balaban J connectivity index is 1.83. The van der Waals surface area contributed by atoms with Crippen molar-refractivity contribution in [2.75, 3.05) is 13.1 Å².